The quantitative estimate of drug-likeness (QED) is 0.478. The number of carbonyl (C=O) groups is 3. The maximum Gasteiger partial charge on any atom is 0.329 e. The number of nitrogens with one attached hydrogen (secondary N) is 2. The first-order valence-corrected chi connectivity index (χ1v) is 9.42. The Morgan fingerprint density at radius 3 is 2.50 bits per heavy atom. The molecule has 2 aromatic carbocycles. The highest BCUT2D eigenvalue weighted by atomic mass is 35.5. The van der Waals surface area contributed by atoms with Crippen LogP contribution in [-0.4, -0.2) is 29.3 Å². The molecule has 1 saturated heterocycles. The van der Waals surface area contributed by atoms with E-state index in [0.29, 0.717) is 22.2 Å². The number of furan rings is 1. The second-order valence-electron chi connectivity index (χ2n) is 6.50. The van der Waals surface area contributed by atoms with Crippen molar-refractivity contribution < 1.29 is 18.8 Å². The van der Waals surface area contributed by atoms with Gasteiger partial charge in [-0.3, -0.25) is 9.59 Å². The first kappa shape index (κ1) is 19.5. The summed E-state index contributed by atoms with van der Waals surface area (Å²) in [5, 5.41) is 5.62. The Morgan fingerprint density at radius 2 is 1.77 bits per heavy atom. The van der Waals surface area contributed by atoms with Gasteiger partial charge in [-0.05, 0) is 36.4 Å². The molecule has 2 heterocycles. The number of hydrogen-bond acceptors (Lipinski definition) is 4. The molecule has 2 N–H and O–H groups in total. The summed E-state index contributed by atoms with van der Waals surface area (Å²) >= 11 is 5.81. The molecule has 8 heteroatoms. The summed E-state index contributed by atoms with van der Waals surface area (Å²) in [6.07, 6.45) is 1.43. The Balaban J connectivity index is 1.44. The number of amides is 4. The maximum absolute atomic E-state index is 12.6. The minimum atomic E-state index is -0.674. The average molecular weight is 422 g/mol. The zero-order valence-electron chi connectivity index (χ0n) is 15.6. The normalized spacial score (nSPS) is 14.8. The zero-order valence-corrected chi connectivity index (χ0v) is 16.3. The van der Waals surface area contributed by atoms with Crippen LogP contribution in [0.5, 0.6) is 0 Å². The summed E-state index contributed by atoms with van der Waals surface area (Å²) in [5.41, 5.74) is 1.44. The molecule has 7 nitrogen and oxygen atoms in total. The van der Waals surface area contributed by atoms with E-state index in [9.17, 15) is 14.4 Å². The van der Waals surface area contributed by atoms with Crippen molar-refractivity contribution in [3.8, 4) is 11.3 Å². The van der Waals surface area contributed by atoms with Crippen molar-refractivity contribution in [3.63, 3.8) is 0 Å². The van der Waals surface area contributed by atoms with Gasteiger partial charge in [-0.15, -0.1) is 0 Å². The van der Waals surface area contributed by atoms with Crippen LogP contribution < -0.4 is 10.6 Å². The molecule has 0 bridgehead atoms. The molecule has 1 aliphatic heterocycles. The van der Waals surface area contributed by atoms with Crippen LogP contribution in [0, 0.1) is 0 Å². The van der Waals surface area contributed by atoms with Crippen molar-refractivity contribution in [2.45, 2.75) is 0 Å². The molecule has 4 rings (SSSR count). The Labute approximate surface area is 176 Å². The third-order valence-electron chi connectivity index (χ3n) is 4.36. The molecule has 0 atom stereocenters. The Hall–Kier alpha value is -3.84. The van der Waals surface area contributed by atoms with E-state index in [1.54, 1.807) is 36.4 Å². The summed E-state index contributed by atoms with van der Waals surface area (Å²) in [5.74, 6) is -0.0706. The van der Waals surface area contributed by atoms with Gasteiger partial charge in [0.25, 0.3) is 5.91 Å². The lowest BCUT2D eigenvalue weighted by molar-refractivity contribution is -0.127. The van der Waals surface area contributed by atoms with Crippen LogP contribution in [0.2, 0.25) is 5.02 Å². The third-order valence-corrected chi connectivity index (χ3v) is 4.62. The first-order valence-electron chi connectivity index (χ1n) is 9.05. The lowest BCUT2D eigenvalue weighted by Gasteiger charge is -2.11. The van der Waals surface area contributed by atoms with Crippen LogP contribution in [0.4, 0.5) is 10.5 Å². The largest absolute Gasteiger partial charge is 0.457 e. The number of anilines is 1. The van der Waals surface area contributed by atoms with Crippen molar-refractivity contribution in [3.05, 3.63) is 83.2 Å². The standard InChI is InChI=1S/C22H16ClN3O4/c23-15-6-8-16(9-7-15)24-20(27)13-26-21(28)18(25-22(26)29)12-17-10-11-19(30-17)14-4-2-1-3-5-14/h1-12H,13H2,(H,24,27)(H,25,29)/b18-12-. The number of benzene rings is 2. The van der Waals surface area contributed by atoms with Crippen molar-refractivity contribution in [2.24, 2.45) is 0 Å². The van der Waals surface area contributed by atoms with Gasteiger partial charge in [-0.1, -0.05) is 41.9 Å². The van der Waals surface area contributed by atoms with E-state index in [4.69, 9.17) is 16.0 Å². The van der Waals surface area contributed by atoms with E-state index in [2.05, 4.69) is 10.6 Å². The van der Waals surface area contributed by atoms with E-state index in [1.165, 1.54) is 6.08 Å². The molecule has 3 aromatic rings. The molecule has 1 fully saturated rings. The molecule has 4 amide bonds. The average Bonchev–Trinajstić information content (AvgIpc) is 3.31. The smallest absolute Gasteiger partial charge is 0.329 e. The van der Waals surface area contributed by atoms with E-state index in [-0.39, 0.29) is 5.70 Å². The number of rotatable bonds is 5. The molecule has 0 aliphatic carbocycles. The van der Waals surface area contributed by atoms with Crippen LogP contribution in [0.3, 0.4) is 0 Å². The van der Waals surface area contributed by atoms with Crippen LogP contribution >= 0.6 is 11.6 Å². The first-order chi connectivity index (χ1) is 14.5. The van der Waals surface area contributed by atoms with Crippen molar-refractivity contribution in [1.29, 1.82) is 0 Å². The van der Waals surface area contributed by atoms with E-state index >= 15 is 0 Å². The molecule has 1 aromatic heterocycles. The number of nitrogens with zero attached hydrogens (tertiary/aromatic N) is 1. The molecule has 0 unspecified atom stereocenters. The van der Waals surface area contributed by atoms with Crippen molar-refractivity contribution in [1.82, 2.24) is 10.2 Å². The van der Waals surface area contributed by atoms with Gasteiger partial charge in [0.15, 0.2) is 0 Å². The highest BCUT2D eigenvalue weighted by molar-refractivity contribution is 6.30. The minimum Gasteiger partial charge on any atom is -0.457 e. The number of imide groups is 1. The highest BCUT2D eigenvalue weighted by Crippen LogP contribution is 2.24. The molecule has 30 heavy (non-hydrogen) atoms. The fraction of sp³-hybridized carbons (Fsp3) is 0.0455. The molecule has 0 spiro atoms. The SMILES string of the molecule is O=C(CN1C(=O)N/C(=C\c2ccc(-c3ccccc3)o2)C1=O)Nc1ccc(Cl)cc1. The monoisotopic (exact) mass is 421 g/mol. The number of hydrogen-bond donors (Lipinski definition) is 2. The summed E-state index contributed by atoms with van der Waals surface area (Å²) in [4.78, 5) is 37.8. The van der Waals surface area contributed by atoms with E-state index < -0.39 is 24.4 Å². The van der Waals surface area contributed by atoms with Gasteiger partial charge in [0.2, 0.25) is 5.91 Å². The second kappa shape index (κ2) is 8.26. The van der Waals surface area contributed by atoms with E-state index in [0.717, 1.165) is 10.5 Å². The molecular weight excluding hydrogens is 406 g/mol. The van der Waals surface area contributed by atoms with Crippen LogP contribution in [0.25, 0.3) is 17.4 Å². The van der Waals surface area contributed by atoms with Gasteiger partial charge in [0.05, 0.1) is 0 Å². The van der Waals surface area contributed by atoms with Gasteiger partial charge in [-0.2, -0.15) is 0 Å². The third kappa shape index (κ3) is 4.26. The number of halogens is 1. The Morgan fingerprint density at radius 1 is 1.03 bits per heavy atom. The highest BCUT2D eigenvalue weighted by Gasteiger charge is 2.35. The zero-order chi connectivity index (χ0) is 21.1. The predicted molar refractivity (Wildman–Crippen MR) is 112 cm³/mol. The van der Waals surface area contributed by atoms with Gasteiger partial charge in [0, 0.05) is 22.3 Å². The Kier molecular flexibility index (Phi) is 5.36. The molecular formula is C22H16ClN3O4. The number of urea groups is 1. The summed E-state index contributed by atoms with van der Waals surface area (Å²) < 4.78 is 5.73. The Bertz CT molecular complexity index is 1140. The fourth-order valence-electron chi connectivity index (χ4n) is 2.92. The molecule has 0 saturated carbocycles. The van der Waals surface area contributed by atoms with Gasteiger partial charge in [0.1, 0.15) is 23.8 Å². The minimum absolute atomic E-state index is 0.0354. The summed E-state index contributed by atoms with van der Waals surface area (Å²) in [6.45, 7) is -0.419. The topological polar surface area (TPSA) is 91.7 Å². The van der Waals surface area contributed by atoms with E-state index in [1.807, 2.05) is 30.3 Å². The molecule has 150 valence electrons. The van der Waals surface area contributed by atoms with Crippen LogP contribution in [-0.2, 0) is 9.59 Å². The van der Waals surface area contributed by atoms with Crippen LogP contribution in [0.15, 0.2) is 76.8 Å². The second-order valence-corrected chi connectivity index (χ2v) is 6.94. The fourth-order valence-corrected chi connectivity index (χ4v) is 3.05. The van der Waals surface area contributed by atoms with Gasteiger partial charge >= 0.3 is 6.03 Å². The lowest BCUT2D eigenvalue weighted by atomic mass is 10.2. The van der Waals surface area contributed by atoms with Gasteiger partial charge in [-0.25, -0.2) is 9.69 Å². The van der Waals surface area contributed by atoms with Crippen molar-refractivity contribution >= 4 is 41.2 Å². The molecule has 1 aliphatic rings. The van der Waals surface area contributed by atoms with Crippen LogP contribution in [0.1, 0.15) is 5.76 Å². The summed E-state index contributed by atoms with van der Waals surface area (Å²) in [6, 6.07) is 18.8. The van der Waals surface area contributed by atoms with Crippen molar-refractivity contribution in [2.75, 3.05) is 11.9 Å². The number of carbonyl (C=O) groups excluding carboxylic acids is 3. The predicted octanol–water partition coefficient (Wildman–Crippen LogP) is 4.13. The lowest BCUT2D eigenvalue weighted by Crippen LogP contribution is -2.38. The summed E-state index contributed by atoms with van der Waals surface area (Å²) in [7, 11) is 0. The maximum atomic E-state index is 12.6. The van der Waals surface area contributed by atoms with Gasteiger partial charge < -0.3 is 15.1 Å². The molecule has 0 radical (unpaired) electrons.